The van der Waals surface area contributed by atoms with Gasteiger partial charge in [0, 0.05) is 42.9 Å². The topological polar surface area (TPSA) is 72.5 Å². The van der Waals surface area contributed by atoms with E-state index in [0.717, 1.165) is 39.1 Å². The van der Waals surface area contributed by atoms with E-state index in [1.54, 1.807) is 11.3 Å². The lowest BCUT2D eigenvalue weighted by molar-refractivity contribution is 0.0860. The minimum Gasteiger partial charge on any atom is -0.381 e. The summed E-state index contributed by atoms with van der Waals surface area (Å²) in [6.45, 7) is 5.86. The second-order valence-corrected chi connectivity index (χ2v) is 7.44. The van der Waals surface area contributed by atoms with E-state index < -0.39 is 0 Å². The van der Waals surface area contributed by atoms with Gasteiger partial charge in [0.15, 0.2) is 5.13 Å². The van der Waals surface area contributed by atoms with Gasteiger partial charge in [0.05, 0.1) is 6.61 Å². The molecular weight excluding hydrogens is 302 g/mol. The number of amides is 2. The van der Waals surface area contributed by atoms with Gasteiger partial charge in [-0.2, -0.15) is 0 Å². The average Bonchev–Trinajstić information content (AvgIpc) is 3.16. The van der Waals surface area contributed by atoms with Gasteiger partial charge in [-0.15, -0.1) is 11.3 Å². The fraction of sp³-hybridized carbons (Fsp3) is 0.733. The molecule has 122 valence electrons. The molecule has 0 aromatic carbocycles. The van der Waals surface area contributed by atoms with E-state index in [1.165, 1.54) is 4.88 Å². The van der Waals surface area contributed by atoms with Gasteiger partial charge in [0.2, 0.25) is 0 Å². The largest absolute Gasteiger partial charge is 0.381 e. The summed E-state index contributed by atoms with van der Waals surface area (Å²) in [7, 11) is 0. The van der Waals surface area contributed by atoms with Crippen LogP contribution < -0.4 is 10.6 Å². The summed E-state index contributed by atoms with van der Waals surface area (Å²) in [5.74, 6) is 0.513. The highest BCUT2D eigenvalue weighted by Crippen LogP contribution is 2.32. The molecule has 2 N–H and O–H groups in total. The van der Waals surface area contributed by atoms with Crippen molar-refractivity contribution in [1.29, 1.82) is 0 Å². The lowest BCUT2D eigenvalue weighted by Crippen LogP contribution is -2.38. The molecule has 2 fully saturated rings. The van der Waals surface area contributed by atoms with Crippen LogP contribution in [0.25, 0.3) is 0 Å². The van der Waals surface area contributed by atoms with Gasteiger partial charge < -0.3 is 14.8 Å². The molecule has 1 aromatic rings. The Hall–Kier alpha value is -1.18. The summed E-state index contributed by atoms with van der Waals surface area (Å²) in [5, 5.41) is 6.41. The molecule has 0 bridgehead atoms. The molecule has 1 unspecified atom stereocenters. The van der Waals surface area contributed by atoms with Crippen molar-refractivity contribution < 1.29 is 14.3 Å². The quantitative estimate of drug-likeness (QED) is 0.892. The molecule has 1 atom stereocenters. The standard InChI is InChI=1S/C15H23N3O3S/c1-15(4-7-21-10-15)9-17-13(19)18-14-16-8-12(22-14)11-2-5-20-6-3-11/h8,11H,2-7,9-10H2,1H3,(H2,16,17,18,19). The Bertz CT molecular complexity index is 508. The Kier molecular flexibility index (Phi) is 4.95. The molecular formula is C15H23N3O3S. The zero-order valence-corrected chi connectivity index (χ0v) is 13.7. The molecule has 2 aliphatic heterocycles. The molecule has 3 rings (SSSR count). The van der Waals surface area contributed by atoms with Crippen LogP contribution in [0.3, 0.4) is 0 Å². The molecule has 22 heavy (non-hydrogen) atoms. The van der Waals surface area contributed by atoms with Crippen LogP contribution in [0.5, 0.6) is 0 Å². The van der Waals surface area contributed by atoms with Crippen molar-refractivity contribution in [3.8, 4) is 0 Å². The summed E-state index contributed by atoms with van der Waals surface area (Å²) in [5.41, 5.74) is 0.0491. The van der Waals surface area contributed by atoms with E-state index in [1.807, 2.05) is 6.20 Å². The van der Waals surface area contributed by atoms with Gasteiger partial charge in [-0.1, -0.05) is 6.92 Å². The molecule has 2 aliphatic rings. The third-order valence-electron chi connectivity index (χ3n) is 4.34. The molecule has 0 aliphatic carbocycles. The van der Waals surface area contributed by atoms with Crippen LogP contribution in [0.4, 0.5) is 9.93 Å². The number of nitrogens with one attached hydrogen (secondary N) is 2. The SMILES string of the molecule is CC1(CNC(=O)Nc2ncc(C3CCOCC3)s2)CCOC1. The number of nitrogens with zero attached hydrogens (tertiary/aromatic N) is 1. The minimum atomic E-state index is -0.194. The first-order chi connectivity index (χ1) is 10.6. The second-order valence-electron chi connectivity index (χ2n) is 6.38. The molecule has 6 nitrogen and oxygen atoms in total. The van der Waals surface area contributed by atoms with Gasteiger partial charge in [0.25, 0.3) is 0 Å². The van der Waals surface area contributed by atoms with Crippen LogP contribution in [0.1, 0.15) is 37.0 Å². The number of anilines is 1. The van der Waals surface area contributed by atoms with Crippen LogP contribution in [0, 0.1) is 5.41 Å². The Morgan fingerprint density at radius 3 is 2.95 bits per heavy atom. The predicted molar refractivity (Wildman–Crippen MR) is 85.5 cm³/mol. The first kappa shape index (κ1) is 15.7. The smallest absolute Gasteiger partial charge is 0.321 e. The Morgan fingerprint density at radius 1 is 1.41 bits per heavy atom. The zero-order chi connectivity index (χ0) is 15.4. The summed E-state index contributed by atoms with van der Waals surface area (Å²) in [4.78, 5) is 17.5. The fourth-order valence-electron chi connectivity index (χ4n) is 2.80. The zero-order valence-electron chi connectivity index (χ0n) is 12.9. The highest BCUT2D eigenvalue weighted by Gasteiger charge is 2.30. The van der Waals surface area contributed by atoms with Gasteiger partial charge >= 0.3 is 6.03 Å². The van der Waals surface area contributed by atoms with Crippen LogP contribution in [-0.4, -0.2) is 44.0 Å². The van der Waals surface area contributed by atoms with Crippen molar-refractivity contribution in [2.24, 2.45) is 5.41 Å². The third-order valence-corrected chi connectivity index (χ3v) is 5.42. The number of urea groups is 1. The summed E-state index contributed by atoms with van der Waals surface area (Å²) < 4.78 is 10.8. The number of aromatic nitrogens is 1. The number of ether oxygens (including phenoxy) is 2. The van der Waals surface area contributed by atoms with E-state index >= 15 is 0 Å². The first-order valence-electron chi connectivity index (χ1n) is 7.81. The molecule has 0 saturated carbocycles. The Balaban J connectivity index is 1.48. The molecule has 0 radical (unpaired) electrons. The maximum absolute atomic E-state index is 12.0. The van der Waals surface area contributed by atoms with Crippen LogP contribution in [0.2, 0.25) is 0 Å². The third kappa shape index (κ3) is 3.97. The van der Waals surface area contributed by atoms with E-state index in [9.17, 15) is 4.79 Å². The van der Waals surface area contributed by atoms with Crippen molar-refractivity contribution in [1.82, 2.24) is 10.3 Å². The molecule has 2 saturated heterocycles. The molecule has 0 spiro atoms. The lowest BCUT2D eigenvalue weighted by Gasteiger charge is -2.21. The summed E-state index contributed by atoms with van der Waals surface area (Å²) in [6.07, 6.45) is 4.93. The van der Waals surface area contributed by atoms with Crippen LogP contribution in [0.15, 0.2) is 6.20 Å². The maximum Gasteiger partial charge on any atom is 0.321 e. The van der Waals surface area contributed by atoms with Gasteiger partial charge in [-0.05, 0) is 25.2 Å². The maximum atomic E-state index is 12.0. The van der Waals surface area contributed by atoms with Crippen LogP contribution in [-0.2, 0) is 9.47 Å². The summed E-state index contributed by atoms with van der Waals surface area (Å²) in [6, 6.07) is -0.194. The number of rotatable bonds is 4. The Labute approximate surface area is 134 Å². The molecule has 2 amide bonds. The van der Waals surface area contributed by atoms with Gasteiger partial charge in [-0.25, -0.2) is 9.78 Å². The number of hydrogen-bond acceptors (Lipinski definition) is 5. The first-order valence-corrected chi connectivity index (χ1v) is 8.62. The molecule has 3 heterocycles. The number of thiazole rings is 1. The summed E-state index contributed by atoms with van der Waals surface area (Å²) >= 11 is 1.56. The van der Waals surface area contributed by atoms with Crippen molar-refractivity contribution in [3.63, 3.8) is 0 Å². The second kappa shape index (κ2) is 6.93. The van der Waals surface area contributed by atoms with E-state index in [0.29, 0.717) is 24.2 Å². The number of carbonyl (C=O) groups is 1. The Morgan fingerprint density at radius 2 is 2.23 bits per heavy atom. The fourth-order valence-corrected chi connectivity index (χ4v) is 3.78. The highest BCUT2D eigenvalue weighted by molar-refractivity contribution is 7.15. The van der Waals surface area contributed by atoms with Crippen molar-refractivity contribution in [2.75, 3.05) is 38.3 Å². The van der Waals surface area contributed by atoms with E-state index in [4.69, 9.17) is 9.47 Å². The average molecular weight is 325 g/mol. The normalized spacial score (nSPS) is 26.0. The van der Waals surface area contributed by atoms with E-state index in [2.05, 4.69) is 22.5 Å². The van der Waals surface area contributed by atoms with Crippen LogP contribution >= 0.6 is 11.3 Å². The molecule has 1 aromatic heterocycles. The monoisotopic (exact) mass is 325 g/mol. The van der Waals surface area contributed by atoms with Crippen molar-refractivity contribution in [2.45, 2.75) is 32.1 Å². The van der Waals surface area contributed by atoms with Crippen molar-refractivity contribution in [3.05, 3.63) is 11.1 Å². The lowest BCUT2D eigenvalue weighted by atomic mass is 9.90. The van der Waals surface area contributed by atoms with E-state index in [-0.39, 0.29) is 11.4 Å². The molecule has 7 heteroatoms. The van der Waals surface area contributed by atoms with Crippen molar-refractivity contribution >= 4 is 22.5 Å². The van der Waals surface area contributed by atoms with Gasteiger partial charge in [0.1, 0.15) is 0 Å². The number of hydrogen-bond donors (Lipinski definition) is 2. The van der Waals surface area contributed by atoms with Gasteiger partial charge in [-0.3, -0.25) is 5.32 Å². The predicted octanol–water partition coefficient (Wildman–Crippen LogP) is 2.59. The minimum absolute atomic E-state index is 0.0491. The number of carbonyl (C=O) groups excluding carboxylic acids is 1. The highest BCUT2D eigenvalue weighted by atomic mass is 32.1.